The Morgan fingerprint density at radius 3 is 1.67 bits per heavy atom. The van der Waals surface area contributed by atoms with Crippen LogP contribution in [0.3, 0.4) is 0 Å². The molecule has 0 saturated carbocycles. The lowest BCUT2D eigenvalue weighted by Crippen LogP contribution is -1.88. The van der Waals surface area contributed by atoms with Crippen molar-refractivity contribution in [1.29, 1.82) is 0 Å². The molecule has 0 aromatic carbocycles. The second kappa shape index (κ2) is 2.02. The predicted octanol–water partition coefficient (Wildman–Crippen LogP) is 2.88. The molecule has 1 aliphatic carbocycles. The summed E-state index contributed by atoms with van der Waals surface area (Å²) < 4.78 is 0. The Hall–Kier alpha value is -0.520. The molecule has 49 valence electrons. The Bertz CT molecular complexity index is 182. The van der Waals surface area contributed by atoms with E-state index in [0.29, 0.717) is 0 Å². The fourth-order valence-electron chi connectivity index (χ4n) is 1.13. The number of allylic oxidation sites excluding steroid dienone is 4. The van der Waals surface area contributed by atoms with E-state index < -0.39 is 0 Å². The molecule has 0 nitrogen and oxygen atoms in total. The van der Waals surface area contributed by atoms with E-state index >= 15 is 0 Å². The molecule has 0 N–H and O–H groups in total. The fourth-order valence-corrected chi connectivity index (χ4v) is 1.13. The summed E-state index contributed by atoms with van der Waals surface area (Å²) in [6, 6.07) is 0. The highest BCUT2D eigenvalue weighted by Gasteiger charge is 2.14. The van der Waals surface area contributed by atoms with E-state index in [1.807, 2.05) is 0 Å². The number of hydrogen-bond donors (Lipinski definition) is 0. The molecule has 0 unspecified atom stereocenters. The first-order chi connectivity index (χ1) is 4.13. The molecule has 0 aromatic rings. The van der Waals surface area contributed by atoms with Crippen molar-refractivity contribution in [2.45, 2.75) is 27.7 Å². The Morgan fingerprint density at radius 1 is 1.00 bits per heavy atom. The Labute approximate surface area is 57.3 Å². The molecule has 0 bridgehead atoms. The molecule has 0 amide bonds. The first kappa shape index (κ1) is 6.60. The van der Waals surface area contributed by atoms with Gasteiger partial charge in [-0.1, -0.05) is 29.7 Å². The van der Waals surface area contributed by atoms with Crippen LogP contribution in [0.4, 0.5) is 0 Å². The van der Waals surface area contributed by atoms with Gasteiger partial charge in [0.1, 0.15) is 0 Å². The molecule has 1 rings (SSSR count). The molecule has 0 aliphatic heterocycles. The van der Waals surface area contributed by atoms with Crippen LogP contribution >= 0.6 is 0 Å². The van der Waals surface area contributed by atoms with Crippen molar-refractivity contribution in [3.63, 3.8) is 0 Å². The van der Waals surface area contributed by atoms with Crippen LogP contribution < -0.4 is 0 Å². The van der Waals surface area contributed by atoms with Crippen LogP contribution in [0.15, 0.2) is 22.8 Å². The molecular formula is C9H13. The van der Waals surface area contributed by atoms with Crippen LogP contribution in [0, 0.1) is 5.92 Å². The summed E-state index contributed by atoms with van der Waals surface area (Å²) in [6.07, 6.45) is 2.24. The highest BCUT2D eigenvalue weighted by atomic mass is 14.2. The quantitative estimate of drug-likeness (QED) is 0.462. The highest BCUT2D eigenvalue weighted by molar-refractivity contribution is 5.51. The maximum atomic E-state index is 2.24. The van der Waals surface area contributed by atoms with Crippen molar-refractivity contribution in [1.82, 2.24) is 0 Å². The summed E-state index contributed by atoms with van der Waals surface area (Å²) in [5.41, 5.74) is 4.29. The molecular weight excluding hydrogens is 108 g/mol. The van der Waals surface area contributed by atoms with E-state index in [9.17, 15) is 0 Å². The van der Waals surface area contributed by atoms with Gasteiger partial charge in [-0.05, 0) is 20.8 Å². The zero-order valence-electron chi connectivity index (χ0n) is 6.58. The van der Waals surface area contributed by atoms with E-state index in [1.165, 1.54) is 22.6 Å². The Kier molecular flexibility index (Phi) is 1.48. The molecule has 0 spiro atoms. The van der Waals surface area contributed by atoms with Gasteiger partial charge in [0.15, 0.2) is 0 Å². The van der Waals surface area contributed by atoms with Gasteiger partial charge in [0.05, 0.1) is 0 Å². The van der Waals surface area contributed by atoms with Gasteiger partial charge in [0.2, 0.25) is 0 Å². The SMILES string of the molecule is C[C]1C(C)=CC(C)=C1C. The largest absolute Gasteiger partial charge is 0.0619 e. The van der Waals surface area contributed by atoms with Crippen molar-refractivity contribution >= 4 is 0 Å². The van der Waals surface area contributed by atoms with Crippen LogP contribution in [-0.2, 0) is 0 Å². The summed E-state index contributed by atoms with van der Waals surface area (Å²) in [4.78, 5) is 0. The van der Waals surface area contributed by atoms with Gasteiger partial charge >= 0.3 is 0 Å². The molecule has 0 saturated heterocycles. The molecule has 1 aliphatic rings. The van der Waals surface area contributed by atoms with Crippen LogP contribution in [0.5, 0.6) is 0 Å². The average Bonchev–Trinajstić information content (AvgIpc) is 1.98. The topological polar surface area (TPSA) is 0 Å². The summed E-state index contributed by atoms with van der Waals surface area (Å²) in [6.45, 7) is 8.68. The zero-order valence-corrected chi connectivity index (χ0v) is 6.58. The van der Waals surface area contributed by atoms with Crippen molar-refractivity contribution in [3.8, 4) is 0 Å². The molecule has 0 atom stereocenters. The van der Waals surface area contributed by atoms with Crippen LogP contribution in [0.2, 0.25) is 0 Å². The lowest BCUT2D eigenvalue weighted by atomic mass is 10.0. The van der Waals surface area contributed by atoms with Crippen LogP contribution in [-0.4, -0.2) is 0 Å². The zero-order chi connectivity index (χ0) is 7.02. The second-order valence-electron chi connectivity index (χ2n) is 2.76. The van der Waals surface area contributed by atoms with Crippen molar-refractivity contribution in [2.24, 2.45) is 0 Å². The van der Waals surface area contributed by atoms with Gasteiger partial charge in [-0.3, -0.25) is 0 Å². The van der Waals surface area contributed by atoms with Gasteiger partial charge < -0.3 is 0 Å². The predicted molar refractivity (Wildman–Crippen MR) is 41.0 cm³/mol. The third-order valence-corrected chi connectivity index (χ3v) is 2.18. The Morgan fingerprint density at radius 2 is 1.56 bits per heavy atom. The molecule has 0 aromatic heterocycles. The van der Waals surface area contributed by atoms with Gasteiger partial charge in [0, 0.05) is 5.92 Å². The Balaban J connectivity index is 2.92. The van der Waals surface area contributed by atoms with Crippen molar-refractivity contribution < 1.29 is 0 Å². The smallest absolute Gasteiger partial charge is 0.0224 e. The third-order valence-electron chi connectivity index (χ3n) is 2.18. The molecule has 1 radical (unpaired) electrons. The summed E-state index contributed by atoms with van der Waals surface area (Å²) in [5.74, 6) is 1.45. The van der Waals surface area contributed by atoms with Gasteiger partial charge in [0.25, 0.3) is 0 Å². The standard InChI is InChI=1S/C9H13/c1-6-5-7(2)9(4)8(6)3/h5H,1-4H3. The normalized spacial score (nSPS) is 21.1. The number of hydrogen-bond acceptors (Lipinski definition) is 0. The van der Waals surface area contributed by atoms with Gasteiger partial charge in [-0.2, -0.15) is 0 Å². The molecule has 9 heavy (non-hydrogen) atoms. The van der Waals surface area contributed by atoms with Gasteiger partial charge in [-0.15, -0.1) is 0 Å². The average molecular weight is 121 g/mol. The summed E-state index contributed by atoms with van der Waals surface area (Å²) in [5, 5.41) is 0. The van der Waals surface area contributed by atoms with Gasteiger partial charge in [-0.25, -0.2) is 0 Å². The minimum atomic E-state index is 1.42. The molecule has 0 fully saturated rings. The minimum absolute atomic E-state index is 1.42. The minimum Gasteiger partial charge on any atom is -0.0619 e. The second-order valence-corrected chi connectivity index (χ2v) is 2.76. The number of rotatable bonds is 0. The first-order valence-corrected chi connectivity index (χ1v) is 3.33. The molecule has 0 heteroatoms. The summed E-state index contributed by atoms with van der Waals surface area (Å²) >= 11 is 0. The van der Waals surface area contributed by atoms with Crippen LogP contribution in [0.25, 0.3) is 0 Å². The monoisotopic (exact) mass is 121 g/mol. The lowest BCUT2D eigenvalue weighted by molar-refractivity contribution is 1.14. The molecule has 0 heterocycles. The van der Waals surface area contributed by atoms with Crippen molar-refractivity contribution in [3.05, 3.63) is 28.7 Å². The maximum Gasteiger partial charge on any atom is 0.0224 e. The first-order valence-electron chi connectivity index (χ1n) is 3.33. The van der Waals surface area contributed by atoms with E-state index in [1.54, 1.807) is 0 Å². The van der Waals surface area contributed by atoms with E-state index in [-0.39, 0.29) is 0 Å². The fraction of sp³-hybridized carbons (Fsp3) is 0.444. The van der Waals surface area contributed by atoms with Crippen LogP contribution in [0.1, 0.15) is 27.7 Å². The van der Waals surface area contributed by atoms with Crippen molar-refractivity contribution in [2.75, 3.05) is 0 Å². The van der Waals surface area contributed by atoms with E-state index in [0.717, 1.165) is 0 Å². The highest BCUT2D eigenvalue weighted by Crippen LogP contribution is 2.31. The van der Waals surface area contributed by atoms with E-state index in [2.05, 4.69) is 33.8 Å². The van der Waals surface area contributed by atoms with E-state index in [4.69, 9.17) is 0 Å². The maximum absolute atomic E-state index is 2.24. The summed E-state index contributed by atoms with van der Waals surface area (Å²) in [7, 11) is 0. The third kappa shape index (κ3) is 0.937. The lowest BCUT2D eigenvalue weighted by Gasteiger charge is -2.04.